The van der Waals surface area contributed by atoms with Crippen LogP contribution in [0, 0.1) is 6.92 Å². The van der Waals surface area contributed by atoms with E-state index in [0.29, 0.717) is 11.4 Å². The molecule has 1 unspecified atom stereocenters. The molecule has 1 aromatic rings. The van der Waals surface area contributed by atoms with E-state index in [-0.39, 0.29) is 6.04 Å². The summed E-state index contributed by atoms with van der Waals surface area (Å²) in [5.74, 6) is 0. The number of anilines is 1. The maximum Gasteiger partial charge on any atom is 0.175 e. The average Bonchev–Trinajstić information content (AvgIpc) is 2.19. The molecule has 0 spiro atoms. The van der Waals surface area contributed by atoms with Gasteiger partial charge >= 0.3 is 0 Å². The lowest BCUT2D eigenvalue weighted by molar-refractivity contribution is 0.602. The van der Waals surface area contributed by atoms with Gasteiger partial charge in [0, 0.05) is 24.5 Å². The van der Waals surface area contributed by atoms with Crippen molar-refractivity contribution in [3.05, 3.63) is 23.8 Å². The number of nitrogens with two attached hydrogens (primary N) is 1. The van der Waals surface area contributed by atoms with E-state index in [9.17, 15) is 8.42 Å². The number of aryl methyl sites for hydroxylation is 1. The molecule has 0 heterocycles. The summed E-state index contributed by atoms with van der Waals surface area (Å²) in [5.41, 5.74) is 7.34. The molecule has 1 aromatic carbocycles. The van der Waals surface area contributed by atoms with Gasteiger partial charge in [0.1, 0.15) is 0 Å². The van der Waals surface area contributed by atoms with E-state index in [4.69, 9.17) is 5.73 Å². The quantitative estimate of drug-likeness (QED) is 0.831. The summed E-state index contributed by atoms with van der Waals surface area (Å²) in [6, 6.07) is 5.18. The Labute approximate surface area is 96.8 Å². The van der Waals surface area contributed by atoms with Crippen molar-refractivity contribution < 1.29 is 8.42 Å². The zero-order valence-electron chi connectivity index (χ0n) is 9.82. The van der Waals surface area contributed by atoms with Gasteiger partial charge in [0.15, 0.2) is 9.84 Å². The third-order valence-corrected chi connectivity index (χ3v) is 3.50. The molecular formula is C11H18N2O2S. The van der Waals surface area contributed by atoms with Crippen molar-refractivity contribution in [3.63, 3.8) is 0 Å². The third-order valence-electron chi connectivity index (χ3n) is 2.39. The van der Waals surface area contributed by atoms with Crippen LogP contribution in [0.1, 0.15) is 12.5 Å². The number of nitrogens with one attached hydrogen (secondary N) is 1. The van der Waals surface area contributed by atoms with E-state index in [1.807, 2.05) is 13.8 Å². The second kappa shape index (κ2) is 4.84. The molecule has 90 valence electrons. The number of hydrogen-bond donors (Lipinski definition) is 2. The zero-order chi connectivity index (χ0) is 12.3. The topological polar surface area (TPSA) is 72.2 Å². The monoisotopic (exact) mass is 242 g/mol. The van der Waals surface area contributed by atoms with Gasteiger partial charge in [0.05, 0.1) is 4.90 Å². The lowest BCUT2D eigenvalue weighted by Gasteiger charge is -2.15. The normalized spacial score (nSPS) is 13.5. The van der Waals surface area contributed by atoms with E-state index in [1.54, 1.807) is 18.2 Å². The van der Waals surface area contributed by atoms with Gasteiger partial charge in [-0.15, -0.1) is 0 Å². The van der Waals surface area contributed by atoms with Gasteiger partial charge in [0.25, 0.3) is 0 Å². The van der Waals surface area contributed by atoms with E-state index in [1.165, 1.54) is 6.26 Å². The maximum atomic E-state index is 11.4. The molecule has 0 aliphatic rings. The molecule has 0 aliphatic heterocycles. The minimum atomic E-state index is -3.16. The highest BCUT2D eigenvalue weighted by Gasteiger charge is 2.10. The van der Waals surface area contributed by atoms with E-state index in [2.05, 4.69) is 5.32 Å². The first-order chi connectivity index (χ1) is 7.34. The Balaban J connectivity index is 3.09. The number of sulfone groups is 1. The van der Waals surface area contributed by atoms with Crippen LogP contribution in [0.2, 0.25) is 0 Å². The minimum absolute atomic E-state index is 0.119. The Morgan fingerprint density at radius 2 is 2.06 bits per heavy atom. The predicted octanol–water partition coefficient (Wildman–Crippen LogP) is 1.16. The largest absolute Gasteiger partial charge is 0.381 e. The summed E-state index contributed by atoms with van der Waals surface area (Å²) >= 11 is 0. The van der Waals surface area contributed by atoms with Crippen LogP contribution in [0.5, 0.6) is 0 Å². The van der Waals surface area contributed by atoms with Crippen LogP contribution >= 0.6 is 0 Å². The van der Waals surface area contributed by atoms with Crippen LogP contribution in [0.4, 0.5) is 5.69 Å². The summed E-state index contributed by atoms with van der Waals surface area (Å²) in [4.78, 5) is 0.324. The summed E-state index contributed by atoms with van der Waals surface area (Å²) in [6.45, 7) is 4.38. The molecule has 0 bridgehead atoms. The zero-order valence-corrected chi connectivity index (χ0v) is 10.6. The molecule has 0 aliphatic carbocycles. The molecule has 0 aromatic heterocycles. The molecular weight excluding hydrogens is 224 g/mol. The van der Waals surface area contributed by atoms with Crippen LogP contribution in [-0.4, -0.2) is 27.3 Å². The second-order valence-electron chi connectivity index (χ2n) is 4.03. The van der Waals surface area contributed by atoms with E-state index < -0.39 is 9.84 Å². The second-order valence-corrected chi connectivity index (χ2v) is 6.05. The van der Waals surface area contributed by atoms with Gasteiger partial charge in [-0.1, -0.05) is 6.07 Å². The highest BCUT2D eigenvalue weighted by molar-refractivity contribution is 7.90. The molecule has 0 saturated heterocycles. The molecule has 0 radical (unpaired) electrons. The van der Waals surface area contributed by atoms with Crippen molar-refractivity contribution in [2.24, 2.45) is 5.73 Å². The fourth-order valence-corrected chi connectivity index (χ4v) is 1.96. The van der Waals surface area contributed by atoms with Crippen molar-refractivity contribution >= 4 is 15.5 Å². The SMILES string of the molecule is Cc1ccc(S(C)(=O)=O)cc1NC(C)CN. The van der Waals surface area contributed by atoms with Gasteiger partial charge in [-0.25, -0.2) is 8.42 Å². The molecule has 1 atom stereocenters. The fraction of sp³-hybridized carbons (Fsp3) is 0.455. The first-order valence-electron chi connectivity index (χ1n) is 5.12. The number of rotatable bonds is 4. The van der Waals surface area contributed by atoms with Crippen molar-refractivity contribution in [1.29, 1.82) is 0 Å². The van der Waals surface area contributed by atoms with E-state index in [0.717, 1.165) is 11.3 Å². The molecule has 1 rings (SSSR count). The molecule has 0 fully saturated rings. The predicted molar refractivity (Wildman–Crippen MR) is 66.4 cm³/mol. The maximum absolute atomic E-state index is 11.4. The third kappa shape index (κ3) is 3.21. The molecule has 4 nitrogen and oxygen atoms in total. The number of benzene rings is 1. The Hall–Kier alpha value is -1.07. The summed E-state index contributed by atoms with van der Waals surface area (Å²) in [6.07, 6.45) is 1.20. The van der Waals surface area contributed by atoms with Gasteiger partial charge in [0.2, 0.25) is 0 Å². The highest BCUT2D eigenvalue weighted by Crippen LogP contribution is 2.20. The van der Waals surface area contributed by atoms with Gasteiger partial charge in [-0.05, 0) is 31.5 Å². The average molecular weight is 242 g/mol. The lowest BCUT2D eigenvalue weighted by atomic mass is 10.2. The van der Waals surface area contributed by atoms with Crippen LogP contribution in [-0.2, 0) is 9.84 Å². The highest BCUT2D eigenvalue weighted by atomic mass is 32.2. The number of hydrogen-bond acceptors (Lipinski definition) is 4. The summed E-state index contributed by atoms with van der Waals surface area (Å²) < 4.78 is 22.8. The minimum Gasteiger partial charge on any atom is -0.381 e. The van der Waals surface area contributed by atoms with Crippen molar-refractivity contribution in [3.8, 4) is 0 Å². The van der Waals surface area contributed by atoms with Crippen molar-refractivity contribution in [2.75, 3.05) is 18.1 Å². The molecule has 3 N–H and O–H groups in total. The van der Waals surface area contributed by atoms with Crippen LogP contribution in [0.3, 0.4) is 0 Å². The first kappa shape index (κ1) is 13.0. The van der Waals surface area contributed by atoms with Gasteiger partial charge in [-0.3, -0.25) is 0 Å². The van der Waals surface area contributed by atoms with Gasteiger partial charge in [-0.2, -0.15) is 0 Å². The Bertz CT molecular complexity index is 469. The van der Waals surface area contributed by atoms with Crippen LogP contribution in [0.25, 0.3) is 0 Å². The molecule has 16 heavy (non-hydrogen) atoms. The van der Waals surface area contributed by atoms with E-state index >= 15 is 0 Å². The molecule has 0 saturated carbocycles. The fourth-order valence-electron chi connectivity index (χ4n) is 1.31. The Morgan fingerprint density at radius 1 is 1.44 bits per heavy atom. The van der Waals surface area contributed by atoms with Crippen LogP contribution < -0.4 is 11.1 Å². The summed E-state index contributed by atoms with van der Waals surface area (Å²) in [5, 5.41) is 3.18. The molecule has 5 heteroatoms. The van der Waals surface area contributed by atoms with Crippen LogP contribution in [0.15, 0.2) is 23.1 Å². The van der Waals surface area contributed by atoms with Crippen molar-refractivity contribution in [1.82, 2.24) is 0 Å². The van der Waals surface area contributed by atoms with Crippen molar-refractivity contribution in [2.45, 2.75) is 24.8 Å². The smallest absolute Gasteiger partial charge is 0.175 e. The van der Waals surface area contributed by atoms with Gasteiger partial charge < -0.3 is 11.1 Å². The summed E-state index contributed by atoms with van der Waals surface area (Å²) in [7, 11) is -3.16. The first-order valence-corrected chi connectivity index (χ1v) is 7.01. The Kier molecular flexibility index (Phi) is 3.93. The molecule has 0 amide bonds. The standard InChI is InChI=1S/C11H18N2O2S/c1-8-4-5-10(16(3,14)15)6-11(8)13-9(2)7-12/h4-6,9,13H,7,12H2,1-3H3. The Morgan fingerprint density at radius 3 is 2.56 bits per heavy atom. The lowest BCUT2D eigenvalue weighted by Crippen LogP contribution is -2.25.